The van der Waals surface area contributed by atoms with Gasteiger partial charge >= 0.3 is 0 Å². The Morgan fingerprint density at radius 1 is 1.21 bits per heavy atom. The second kappa shape index (κ2) is 7.57. The van der Waals surface area contributed by atoms with Crippen molar-refractivity contribution in [3.8, 4) is 5.69 Å². The van der Waals surface area contributed by atoms with Gasteiger partial charge < -0.3 is 4.90 Å². The predicted molar refractivity (Wildman–Crippen MR) is 92.8 cm³/mol. The van der Waals surface area contributed by atoms with E-state index in [1.165, 1.54) is 18.3 Å². The van der Waals surface area contributed by atoms with E-state index < -0.39 is 0 Å². The SMILES string of the molecule is CC(c1ccc(-n2cncn2)cc1)N(C)CC(=O)N1CCCCC1. The molecule has 24 heavy (non-hydrogen) atoms. The van der Waals surface area contributed by atoms with Gasteiger partial charge in [0, 0.05) is 19.1 Å². The van der Waals surface area contributed by atoms with Crippen LogP contribution in [0.15, 0.2) is 36.9 Å². The summed E-state index contributed by atoms with van der Waals surface area (Å²) in [5, 5.41) is 4.13. The number of hydrogen-bond acceptors (Lipinski definition) is 4. The van der Waals surface area contributed by atoms with Crippen LogP contribution in [0.25, 0.3) is 5.69 Å². The maximum Gasteiger partial charge on any atom is 0.236 e. The van der Waals surface area contributed by atoms with Crippen molar-refractivity contribution in [3.05, 3.63) is 42.5 Å². The highest BCUT2D eigenvalue weighted by molar-refractivity contribution is 5.78. The van der Waals surface area contributed by atoms with Crippen molar-refractivity contribution in [2.75, 3.05) is 26.7 Å². The summed E-state index contributed by atoms with van der Waals surface area (Å²) < 4.78 is 1.73. The van der Waals surface area contributed by atoms with Crippen LogP contribution >= 0.6 is 0 Å². The van der Waals surface area contributed by atoms with Gasteiger partial charge in [-0.05, 0) is 50.9 Å². The summed E-state index contributed by atoms with van der Waals surface area (Å²) in [4.78, 5) is 20.5. The van der Waals surface area contributed by atoms with E-state index in [2.05, 4.69) is 34.0 Å². The molecule has 0 bridgehead atoms. The van der Waals surface area contributed by atoms with Gasteiger partial charge in [-0.1, -0.05) is 12.1 Å². The first-order valence-corrected chi connectivity index (χ1v) is 8.58. The summed E-state index contributed by atoms with van der Waals surface area (Å²) in [6, 6.07) is 8.41. The normalized spacial score (nSPS) is 16.4. The van der Waals surface area contributed by atoms with E-state index in [0.29, 0.717) is 6.54 Å². The van der Waals surface area contributed by atoms with E-state index in [1.54, 1.807) is 11.0 Å². The Morgan fingerprint density at radius 2 is 1.92 bits per heavy atom. The number of carbonyl (C=O) groups excluding carboxylic acids is 1. The highest BCUT2D eigenvalue weighted by Crippen LogP contribution is 2.20. The number of amides is 1. The summed E-state index contributed by atoms with van der Waals surface area (Å²) in [6.07, 6.45) is 6.72. The van der Waals surface area contributed by atoms with Crippen LogP contribution in [0.1, 0.15) is 37.8 Å². The number of nitrogens with zero attached hydrogens (tertiary/aromatic N) is 5. The van der Waals surface area contributed by atoms with Crippen LogP contribution in [0.3, 0.4) is 0 Å². The second-order valence-corrected chi connectivity index (χ2v) is 6.46. The highest BCUT2D eigenvalue weighted by Gasteiger charge is 2.20. The predicted octanol–water partition coefficient (Wildman–Crippen LogP) is 2.27. The molecule has 0 spiro atoms. The standard InChI is InChI=1S/C18H25N5O/c1-15(21(2)12-18(24)22-10-4-3-5-11-22)16-6-8-17(9-7-16)23-14-19-13-20-23/h6-9,13-15H,3-5,10-12H2,1-2H3. The number of likely N-dealkylation sites (N-methyl/N-ethyl adjacent to an activating group) is 1. The monoisotopic (exact) mass is 327 g/mol. The van der Waals surface area contributed by atoms with Gasteiger partial charge in [-0.2, -0.15) is 5.10 Å². The largest absolute Gasteiger partial charge is 0.342 e. The zero-order valence-electron chi connectivity index (χ0n) is 14.4. The van der Waals surface area contributed by atoms with Crippen molar-refractivity contribution in [1.29, 1.82) is 0 Å². The summed E-state index contributed by atoms with van der Waals surface area (Å²) in [6.45, 7) is 4.42. The smallest absolute Gasteiger partial charge is 0.236 e. The number of piperidine rings is 1. The molecule has 1 aliphatic rings. The molecule has 0 N–H and O–H groups in total. The van der Waals surface area contributed by atoms with E-state index in [0.717, 1.165) is 31.6 Å². The minimum Gasteiger partial charge on any atom is -0.342 e. The van der Waals surface area contributed by atoms with Gasteiger partial charge in [-0.25, -0.2) is 9.67 Å². The first-order chi connectivity index (χ1) is 11.6. The molecular formula is C18H25N5O. The van der Waals surface area contributed by atoms with Crippen molar-refractivity contribution in [2.45, 2.75) is 32.2 Å². The highest BCUT2D eigenvalue weighted by atomic mass is 16.2. The lowest BCUT2D eigenvalue weighted by Crippen LogP contribution is -2.42. The van der Waals surface area contributed by atoms with E-state index in [4.69, 9.17) is 0 Å². The van der Waals surface area contributed by atoms with Gasteiger partial charge in [0.05, 0.1) is 12.2 Å². The first kappa shape index (κ1) is 16.6. The molecule has 128 valence electrons. The number of carbonyl (C=O) groups is 1. The Balaban J connectivity index is 1.60. The van der Waals surface area contributed by atoms with Crippen LogP contribution in [-0.2, 0) is 4.79 Å². The molecule has 1 aromatic carbocycles. The molecule has 6 nitrogen and oxygen atoms in total. The quantitative estimate of drug-likeness (QED) is 0.845. The Bertz CT molecular complexity index is 647. The lowest BCUT2D eigenvalue weighted by atomic mass is 10.1. The van der Waals surface area contributed by atoms with E-state index >= 15 is 0 Å². The van der Waals surface area contributed by atoms with Crippen molar-refractivity contribution in [1.82, 2.24) is 24.6 Å². The topological polar surface area (TPSA) is 54.3 Å². The molecule has 6 heteroatoms. The van der Waals surface area contributed by atoms with Crippen molar-refractivity contribution in [2.24, 2.45) is 0 Å². The number of hydrogen-bond donors (Lipinski definition) is 0. The Hall–Kier alpha value is -2.21. The Morgan fingerprint density at radius 3 is 2.54 bits per heavy atom. The maximum atomic E-state index is 12.4. The molecule has 2 aromatic rings. The number of aromatic nitrogens is 3. The zero-order chi connectivity index (χ0) is 16.9. The minimum atomic E-state index is 0.184. The average Bonchev–Trinajstić information content (AvgIpc) is 3.16. The molecule has 0 radical (unpaired) electrons. The van der Waals surface area contributed by atoms with Crippen LogP contribution in [0.2, 0.25) is 0 Å². The van der Waals surface area contributed by atoms with Gasteiger partial charge in [0.2, 0.25) is 5.91 Å². The molecule has 1 aromatic heterocycles. The van der Waals surface area contributed by atoms with Crippen LogP contribution in [0.4, 0.5) is 0 Å². The van der Waals surface area contributed by atoms with Gasteiger partial charge in [0.15, 0.2) is 0 Å². The molecule has 0 aliphatic carbocycles. The fourth-order valence-electron chi connectivity index (χ4n) is 3.10. The molecule has 1 amide bonds. The lowest BCUT2D eigenvalue weighted by molar-refractivity contribution is -0.133. The number of benzene rings is 1. The fraction of sp³-hybridized carbons (Fsp3) is 0.500. The fourth-order valence-corrected chi connectivity index (χ4v) is 3.10. The third-order valence-corrected chi connectivity index (χ3v) is 4.81. The lowest BCUT2D eigenvalue weighted by Gasteiger charge is -2.31. The van der Waals surface area contributed by atoms with Crippen LogP contribution in [0, 0.1) is 0 Å². The van der Waals surface area contributed by atoms with Gasteiger partial charge in [-0.15, -0.1) is 0 Å². The van der Waals surface area contributed by atoms with Crippen LogP contribution in [0.5, 0.6) is 0 Å². The third-order valence-electron chi connectivity index (χ3n) is 4.81. The average molecular weight is 327 g/mol. The summed E-state index contributed by atoms with van der Waals surface area (Å²) in [5.41, 5.74) is 2.17. The first-order valence-electron chi connectivity index (χ1n) is 8.58. The maximum absolute atomic E-state index is 12.4. The number of rotatable bonds is 5. The molecule has 2 heterocycles. The van der Waals surface area contributed by atoms with Gasteiger partial charge in [0.25, 0.3) is 0 Å². The summed E-state index contributed by atoms with van der Waals surface area (Å²) in [5.74, 6) is 0.239. The molecular weight excluding hydrogens is 302 g/mol. The second-order valence-electron chi connectivity index (χ2n) is 6.46. The van der Waals surface area contributed by atoms with E-state index in [1.807, 2.05) is 24.1 Å². The molecule has 1 aliphatic heterocycles. The number of likely N-dealkylation sites (tertiary alicyclic amines) is 1. The minimum absolute atomic E-state index is 0.184. The zero-order valence-corrected chi connectivity index (χ0v) is 14.4. The Kier molecular flexibility index (Phi) is 5.25. The van der Waals surface area contributed by atoms with Crippen LogP contribution < -0.4 is 0 Å². The molecule has 1 atom stereocenters. The summed E-state index contributed by atoms with van der Waals surface area (Å²) in [7, 11) is 2.01. The van der Waals surface area contributed by atoms with Gasteiger partial charge in [-0.3, -0.25) is 9.69 Å². The third kappa shape index (κ3) is 3.82. The molecule has 3 rings (SSSR count). The molecule has 0 saturated carbocycles. The molecule has 1 saturated heterocycles. The van der Waals surface area contributed by atoms with Crippen molar-refractivity contribution >= 4 is 5.91 Å². The summed E-state index contributed by atoms with van der Waals surface area (Å²) >= 11 is 0. The van der Waals surface area contributed by atoms with E-state index in [-0.39, 0.29) is 11.9 Å². The van der Waals surface area contributed by atoms with Crippen LogP contribution in [-0.4, -0.2) is 57.2 Å². The van der Waals surface area contributed by atoms with Crippen molar-refractivity contribution < 1.29 is 4.79 Å². The molecule has 1 fully saturated rings. The molecule has 1 unspecified atom stereocenters. The van der Waals surface area contributed by atoms with E-state index in [9.17, 15) is 4.79 Å². The van der Waals surface area contributed by atoms with Gasteiger partial charge in [0.1, 0.15) is 12.7 Å². The Labute approximate surface area is 143 Å². The van der Waals surface area contributed by atoms with Crippen molar-refractivity contribution in [3.63, 3.8) is 0 Å².